The third-order valence-corrected chi connectivity index (χ3v) is 10.8. The molecule has 3 nitrogen and oxygen atoms in total. The highest BCUT2D eigenvalue weighted by atomic mass is 32.1. The van der Waals surface area contributed by atoms with Crippen molar-refractivity contribution in [1.82, 2.24) is 14.5 Å². The predicted octanol–water partition coefficient (Wildman–Crippen LogP) is 11.1. The molecule has 5 heteroatoms. The topological polar surface area (TPSA) is 30.7 Å². The molecule has 4 heterocycles. The maximum atomic E-state index is 5.44. The fourth-order valence-corrected chi connectivity index (χ4v) is 8.86. The average molecular weight is 584 g/mol. The van der Waals surface area contributed by atoms with Gasteiger partial charge in [0.15, 0.2) is 11.6 Å². The molecule has 0 amide bonds. The number of hydrogen-bond donors (Lipinski definition) is 0. The van der Waals surface area contributed by atoms with Crippen molar-refractivity contribution in [1.29, 1.82) is 0 Å². The fraction of sp³-hybridized carbons (Fsp3) is 0. The van der Waals surface area contributed by atoms with Crippen molar-refractivity contribution in [2.24, 2.45) is 0 Å². The molecule has 0 N–H and O–H groups in total. The molecule has 0 unspecified atom stereocenters. The summed E-state index contributed by atoms with van der Waals surface area (Å²) in [5.41, 5.74) is 3.33. The van der Waals surface area contributed by atoms with Crippen LogP contribution < -0.4 is 0 Å². The molecule has 0 radical (unpaired) electrons. The van der Waals surface area contributed by atoms with E-state index in [1.54, 1.807) is 11.3 Å². The number of rotatable bonds is 2. The van der Waals surface area contributed by atoms with Gasteiger partial charge >= 0.3 is 0 Å². The molecule has 0 atom stereocenters. The molecule has 0 aliphatic rings. The van der Waals surface area contributed by atoms with Crippen molar-refractivity contribution in [3.8, 4) is 17.2 Å². The molecule has 43 heavy (non-hydrogen) atoms. The molecule has 0 bridgehead atoms. The van der Waals surface area contributed by atoms with E-state index in [0.29, 0.717) is 0 Å². The van der Waals surface area contributed by atoms with Crippen molar-refractivity contribution >= 4 is 95.7 Å². The van der Waals surface area contributed by atoms with Gasteiger partial charge in [-0.25, -0.2) is 9.97 Å². The van der Waals surface area contributed by atoms with E-state index in [0.717, 1.165) is 38.5 Å². The van der Waals surface area contributed by atoms with Crippen LogP contribution in [0.15, 0.2) is 127 Å². The molecule has 10 rings (SSSR count). The van der Waals surface area contributed by atoms with Gasteiger partial charge in [-0.3, -0.25) is 4.57 Å². The smallest absolute Gasteiger partial charge is 0.163 e. The van der Waals surface area contributed by atoms with Gasteiger partial charge in [-0.15, -0.1) is 22.7 Å². The van der Waals surface area contributed by atoms with E-state index in [-0.39, 0.29) is 0 Å². The summed E-state index contributed by atoms with van der Waals surface area (Å²) in [6, 6.07) is 45.8. The van der Waals surface area contributed by atoms with E-state index in [2.05, 4.69) is 132 Å². The molecular formula is C38H21N3S2. The lowest BCUT2D eigenvalue weighted by molar-refractivity contribution is 1.08. The fourth-order valence-electron chi connectivity index (χ4n) is 6.64. The van der Waals surface area contributed by atoms with E-state index in [9.17, 15) is 0 Å². The van der Waals surface area contributed by atoms with Crippen LogP contribution in [0.1, 0.15) is 0 Å². The molecular weight excluding hydrogens is 563 g/mol. The Kier molecular flexibility index (Phi) is 4.75. The highest BCUT2D eigenvalue weighted by Crippen LogP contribution is 2.42. The summed E-state index contributed by atoms with van der Waals surface area (Å²) in [7, 11) is 0. The molecule has 0 aliphatic heterocycles. The SMILES string of the molecule is c1ccc2cc3c(cc2c1)c1ccccc1n3-c1nc(-c2ccc3c(c2)sc2ccccc23)nc2sc3ccccc3c12. The molecule has 0 saturated heterocycles. The van der Waals surface area contributed by atoms with E-state index in [4.69, 9.17) is 9.97 Å². The number of para-hydroxylation sites is 1. The summed E-state index contributed by atoms with van der Waals surface area (Å²) < 4.78 is 6.13. The van der Waals surface area contributed by atoms with Crippen LogP contribution in [-0.4, -0.2) is 14.5 Å². The monoisotopic (exact) mass is 583 g/mol. The second-order valence-electron chi connectivity index (χ2n) is 11.0. The molecule has 0 spiro atoms. The van der Waals surface area contributed by atoms with Crippen LogP contribution in [0.25, 0.3) is 90.3 Å². The lowest BCUT2D eigenvalue weighted by Crippen LogP contribution is -2.01. The van der Waals surface area contributed by atoms with Crippen LogP contribution in [0, 0.1) is 0 Å². The Labute approximate surface area is 253 Å². The normalized spacial score (nSPS) is 12.2. The van der Waals surface area contributed by atoms with Crippen LogP contribution in [0.4, 0.5) is 0 Å². The second-order valence-corrected chi connectivity index (χ2v) is 13.1. The van der Waals surface area contributed by atoms with Crippen LogP contribution in [0.3, 0.4) is 0 Å². The Morgan fingerprint density at radius 1 is 0.465 bits per heavy atom. The van der Waals surface area contributed by atoms with Gasteiger partial charge in [0.2, 0.25) is 0 Å². The van der Waals surface area contributed by atoms with Crippen molar-refractivity contribution in [2.45, 2.75) is 0 Å². The van der Waals surface area contributed by atoms with Gasteiger partial charge in [0.05, 0.1) is 16.4 Å². The van der Waals surface area contributed by atoms with Crippen molar-refractivity contribution < 1.29 is 0 Å². The molecule has 0 saturated carbocycles. The molecule has 0 fully saturated rings. The van der Waals surface area contributed by atoms with E-state index < -0.39 is 0 Å². The zero-order chi connectivity index (χ0) is 28.1. The Morgan fingerprint density at radius 2 is 1.14 bits per heavy atom. The number of hydrogen-bond acceptors (Lipinski definition) is 4. The van der Waals surface area contributed by atoms with Gasteiger partial charge in [-0.2, -0.15) is 0 Å². The third kappa shape index (κ3) is 3.35. The Morgan fingerprint density at radius 3 is 2.00 bits per heavy atom. The predicted molar refractivity (Wildman–Crippen MR) is 185 cm³/mol. The number of fused-ring (bicyclic) bond motifs is 10. The number of nitrogens with zero attached hydrogens (tertiary/aromatic N) is 3. The second kappa shape index (κ2) is 8.71. The first kappa shape index (κ1) is 23.5. The Bertz CT molecular complexity index is 2750. The van der Waals surface area contributed by atoms with Crippen molar-refractivity contribution in [3.05, 3.63) is 127 Å². The maximum absolute atomic E-state index is 5.44. The molecule has 0 aliphatic carbocycles. The van der Waals surface area contributed by atoms with Crippen molar-refractivity contribution in [2.75, 3.05) is 0 Å². The summed E-state index contributed by atoms with van der Waals surface area (Å²) in [6.07, 6.45) is 0. The highest BCUT2D eigenvalue weighted by Gasteiger charge is 2.21. The lowest BCUT2D eigenvalue weighted by Gasteiger charge is -2.12. The first-order valence-corrected chi connectivity index (χ1v) is 16.0. The molecule has 10 aromatic rings. The van der Waals surface area contributed by atoms with Crippen LogP contribution in [0.2, 0.25) is 0 Å². The quantitative estimate of drug-likeness (QED) is 0.203. The van der Waals surface area contributed by atoms with E-state index in [1.807, 2.05) is 11.3 Å². The zero-order valence-electron chi connectivity index (χ0n) is 22.8. The van der Waals surface area contributed by atoms with Gasteiger partial charge in [-0.05, 0) is 47.2 Å². The maximum Gasteiger partial charge on any atom is 0.163 e. The van der Waals surface area contributed by atoms with Crippen LogP contribution >= 0.6 is 22.7 Å². The summed E-state index contributed by atoms with van der Waals surface area (Å²) in [6.45, 7) is 0. The number of thiophene rings is 2. The molecule has 4 aromatic heterocycles. The molecule has 200 valence electrons. The minimum absolute atomic E-state index is 0.750. The lowest BCUT2D eigenvalue weighted by atomic mass is 10.1. The first-order chi connectivity index (χ1) is 21.3. The summed E-state index contributed by atoms with van der Waals surface area (Å²) in [5, 5.41) is 9.78. The number of benzene rings is 6. The van der Waals surface area contributed by atoms with E-state index in [1.165, 1.54) is 51.8 Å². The van der Waals surface area contributed by atoms with E-state index >= 15 is 0 Å². The van der Waals surface area contributed by atoms with Crippen molar-refractivity contribution in [3.63, 3.8) is 0 Å². The zero-order valence-corrected chi connectivity index (χ0v) is 24.4. The minimum atomic E-state index is 0.750. The van der Waals surface area contributed by atoms with Gasteiger partial charge in [-0.1, -0.05) is 91.0 Å². The summed E-state index contributed by atoms with van der Waals surface area (Å²) in [5.74, 6) is 1.68. The van der Waals surface area contributed by atoms with Gasteiger partial charge in [0.1, 0.15) is 4.83 Å². The summed E-state index contributed by atoms with van der Waals surface area (Å²) in [4.78, 5) is 11.7. The number of aromatic nitrogens is 3. The standard InChI is InChI=1S/C38H21N3S2/c1-2-10-23-20-31-29(19-22(23)9-1)25-11-3-6-14-30(25)41(31)37-35-28-13-5-8-16-33(28)43-38(35)40-36(39-37)24-17-18-27-26-12-4-7-15-32(26)42-34(27)21-24/h1-21H. The van der Waals surface area contributed by atoms with Gasteiger partial charge < -0.3 is 0 Å². The highest BCUT2D eigenvalue weighted by molar-refractivity contribution is 7.26. The third-order valence-electron chi connectivity index (χ3n) is 8.61. The minimum Gasteiger partial charge on any atom is -0.293 e. The Hall–Kier alpha value is -5.10. The van der Waals surface area contributed by atoms with Gasteiger partial charge in [0.25, 0.3) is 0 Å². The van der Waals surface area contributed by atoms with Crippen LogP contribution in [-0.2, 0) is 0 Å². The average Bonchev–Trinajstić information content (AvgIpc) is 3.72. The summed E-state index contributed by atoms with van der Waals surface area (Å²) >= 11 is 3.57. The first-order valence-electron chi connectivity index (χ1n) is 14.3. The Balaban J connectivity index is 1.34. The molecule has 6 aromatic carbocycles. The largest absolute Gasteiger partial charge is 0.293 e. The van der Waals surface area contributed by atoms with Crippen LogP contribution in [0.5, 0.6) is 0 Å². The van der Waals surface area contributed by atoms with Gasteiger partial charge in [0, 0.05) is 46.6 Å².